The van der Waals surface area contributed by atoms with Gasteiger partial charge in [0.15, 0.2) is 0 Å². The summed E-state index contributed by atoms with van der Waals surface area (Å²) in [5.74, 6) is 4.95. The van der Waals surface area contributed by atoms with Crippen LogP contribution in [-0.2, 0) is 75.9 Å². The molecule has 3 saturated carbocycles. The maximum atomic E-state index is 13.2. The van der Waals surface area contributed by atoms with Gasteiger partial charge < -0.3 is 58.9 Å². The minimum atomic E-state index is -0.711. The summed E-state index contributed by atoms with van der Waals surface area (Å²) in [7, 11) is 21.0. The van der Waals surface area contributed by atoms with E-state index >= 15 is 0 Å². The van der Waals surface area contributed by atoms with E-state index in [0.717, 1.165) is 155 Å². The van der Waals surface area contributed by atoms with E-state index in [9.17, 15) is 24.9 Å². The van der Waals surface area contributed by atoms with Crippen LogP contribution in [0, 0.1) is 30.6 Å². The first-order valence-corrected chi connectivity index (χ1v) is 46.8. The van der Waals surface area contributed by atoms with E-state index in [1.54, 1.807) is 7.11 Å². The second-order valence-corrected chi connectivity index (χ2v) is 38.5. The van der Waals surface area contributed by atoms with E-state index in [1.807, 2.05) is 111 Å². The first-order chi connectivity index (χ1) is 60.1. The van der Waals surface area contributed by atoms with Gasteiger partial charge in [-0.25, -0.2) is 0 Å². The number of likely N-dealkylation sites (N-methyl/N-ethyl adjacent to an activating group) is 2. The molecule has 16 heteroatoms. The number of methoxy groups -OCH3 is 1. The maximum absolute atomic E-state index is 13.2. The van der Waals surface area contributed by atoms with Crippen molar-refractivity contribution >= 4 is 17.9 Å². The molecule has 4 heterocycles. The minimum Gasteiger partial charge on any atom is -0.508 e. The molecule has 125 heavy (non-hydrogen) atoms. The predicted octanol–water partition coefficient (Wildman–Crippen LogP) is 18.4. The van der Waals surface area contributed by atoms with Crippen LogP contribution >= 0.6 is 0 Å². The van der Waals surface area contributed by atoms with Crippen LogP contribution in [0.15, 0.2) is 206 Å². The molecule has 6 fully saturated rings. The summed E-state index contributed by atoms with van der Waals surface area (Å²) in [6.07, 6.45) is 21.7. The molecular weight excluding hydrogens is 1550 g/mol. The summed E-state index contributed by atoms with van der Waals surface area (Å²) in [5.41, 5.74) is 13.2. The fourth-order valence-corrected chi connectivity index (χ4v) is 23.8. The number of benzene rings is 8. The van der Waals surface area contributed by atoms with Gasteiger partial charge in [0.1, 0.15) is 29.1 Å². The number of phenolic OH excluding ortho intramolecular Hbond substituents is 1. The topological polar surface area (TPSA) is 176 Å². The Hall–Kier alpha value is -8.64. The number of aromatic hydroxyl groups is 1. The number of hydrogen-bond donors (Lipinski definition) is 3. The first-order valence-electron chi connectivity index (χ1n) is 46.8. The number of aliphatic hydroxyl groups excluding tert-OH is 1. The molecule has 3 saturated heterocycles. The molecule has 4 bridgehead atoms. The van der Waals surface area contributed by atoms with Gasteiger partial charge in [-0.1, -0.05) is 228 Å². The minimum absolute atomic E-state index is 0.0115. The number of fused-ring (bicyclic) bond motifs is 1. The monoisotopic (exact) mass is 1700 g/mol. The van der Waals surface area contributed by atoms with Gasteiger partial charge in [0, 0.05) is 65.4 Å². The molecule has 4 aliphatic heterocycles. The second kappa shape index (κ2) is 43.9. The third-order valence-electron chi connectivity index (χ3n) is 30.6. The molecule has 5 aliphatic carbocycles. The third kappa shape index (κ3) is 21.2. The van der Waals surface area contributed by atoms with Crippen molar-refractivity contribution < 1.29 is 48.7 Å². The van der Waals surface area contributed by atoms with Crippen LogP contribution in [0.25, 0.3) is 0 Å². The molecule has 16 nitrogen and oxygen atoms in total. The Kier molecular flexibility index (Phi) is 34.1. The molecule has 8 aromatic carbocycles. The summed E-state index contributed by atoms with van der Waals surface area (Å²) in [6, 6.07) is 72.7. The average molecular weight is 1700 g/mol. The SMILES string of the molecule is CCC(=O)C(CC(C)N(C)C)(c1ccccc1)c1ccccc1.CCOC(=O)C1(c2ccccc2)CCN(C)CC1.CC[C@@](Cc1ccccc1)(c1ccccc1)C(C)CN(C)C.CN1CC[C@]23CCCCC2C1Cc1ccc(O)cc13.COc1cccc(C2(O)CCCCC2CN(C)C)c1.Cc1ccc2c3c1O[C@H]1[C@@H](O)CC[C@H]4[C@@H](C2)N(C)CC[C@@]341.O=C=O. The van der Waals surface area contributed by atoms with Crippen LogP contribution < -0.4 is 9.47 Å². The van der Waals surface area contributed by atoms with Gasteiger partial charge >= 0.3 is 12.1 Å². The number of Topliss-reactive ketones (excluding diaryl/α,β-unsaturated/α-hetero) is 1. The molecule has 17 rings (SSSR count). The van der Waals surface area contributed by atoms with E-state index in [4.69, 9.17) is 23.8 Å². The van der Waals surface area contributed by atoms with Crippen LogP contribution in [0.5, 0.6) is 17.2 Å². The van der Waals surface area contributed by atoms with Gasteiger partial charge in [0.25, 0.3) is 0 Å². The zero-order valence-corrected chi connectivity index (χ0v) is 78.3. The number of carbonyl (C=O) groups is 2. The van der Waals surface area contributed by atoms with E-state index in [-0.39, 0.29) is 40.9 Å². The third-order valence-corrected chi connectivity index (χ3v) is 30.6. The van der Waals surface area contributed by atoms with Gasteiger partial charge in [-0.3, -0.25) is 9.59 Å². The number of aliphatic hydroxyl groups is 2. The highest BCUT2D eigenvalue weighted by Crippen LogP contribution is 2.63. The number of ether oxygens (including phenoxy) is 3. The van der Waals surface area contributed by atoms with Crippen LogP contribution in [0.2, 0.25) is 0 Å². The molecular formula is C109H148N6O10. The fourth-order valence-electron chi connectivity index (χ4n) is 23.8. The van der Waals surface area contributed by atoms with Crippen molar-refractivity contribution in [1.82, 2.24) is 29.4 Å². The smallest absolute Gasteiger partial charge is 0.373 e. The summed E-state index contributed by atoms with van der Waals surface area (Å²) >= 11 is 0. The van der Waals surface area contributed by atoms with Crippen molar-refractivity contribution in [3.8, 4) is 17.2 Å². The Labute approximate surface area is 749 Å². The molecule has 0 aromatic heterocycles. The Balaban J connectivity index is 0.000000145. The van der Waals surface area contributed by atoms with E-state index < -0.39 is 16.4 Å². The molecule has 0 amide bonds. The average Bonchev–Trinajstić information content (AvgIpc) is 1.52. The number of aryl methyl sites for hydroxylation is 1. The number of ketones is 1. The Morgan fingerprint density at radius 2 is 1.17 bits per heavy atom. The lowest BCUT2D eigenvalue weighted by Crippen LogP contribution is -2.66. The van der Waals surface area contributed by atoms with Crippen molar-refractivity contribution in [2.24, 2.45) is 23.7 Å². The van der Waals surface area contributed by atoms with Crippen molar-refractivity contribution in [2.45, 2.75) is 233 Å². The van der Waals surface area contributed by atoms with Crippen LogP contribution in [0.1, 0.15) is 205 Å². The highest BCUT2D eigenvalue weighted by Gasteiger charge is 2.65. The quantitative estimate of drug-likeness (QED) is 0.0579. The second-order valence-electron chi connectivity index (χ2n) is 38.5. The maximum Gasteiger partial charge on any atom is 0.373 e. The molecule has 13 atom stereocenters. The Bertz CT molecular complexity index is 4690. The van der Waals surface area contributed by atoms with Gasteiger partial charge in [-0.15, -0.1) is 0 Å². The lowest BCUT2D eigenvalue weighted by atomic mass is 9.51. The fraction of sp³-hybridized carbons (Fsp3) is 0.532. The highest BCUT2D eigenvalue weighted by molar-refractivity contribution is 5.94. The molecule has 1 spiro atoms. The van der Waals surface area contributed by atoms with E-state index in [1.165, 1.54) is 90.4 Å². The zero-order valence-electron chi connectivity index (χ0n) is 78.3. The highest BCUT2D eigenvalue weighted by atomic mass is 16.5. The summed E-state index contributed by atoms with van der Waals surface area (Å²) in [5, 5.41) is 31.7. The number of piperidine rings is 3. The summed E-state index contributed by atoms with van der Waals surface area (Å²) in [4.78, 5) is 55.9. The zero-order chi connectivity index (χ0) is 89.9. The standard InChI is InChI=1S/C21H27NO.C21H29N.C18H23NO2.C17H23NO.C16H25NO2.C15H21NO2.CO2/c1-5-20(23)21(16-17(2)22(3)4,18-12-8-6-9-13-18)19-14-10-7-11-15-19;1-5-21(18(2)17-22(3)4,20-14-10-7-11-15-20)16-19-12-8-6-9-13-19;1-10-3-4-11-9-13-12-5-6-14(20)17-18(12,7-8-19(13)2)15(11)16(10)21-17;1-18-9-8-17-7-3-2-4-14(17)16(18)10-12-5-6-13(19)11-15(12)17;1-17(2)12-14-7-4-5-10-16(14,18)13-8-6-9-15(11-13)19-3;1-3-18-14(17)15(9-11-16(2)12-10-15)13-7-5-4-6-8-13;2-1-3/h6-15,17H,5,16H2,1-4H3;6-15,18H,5,16-17H2,1-4H3;3-4,12-14,17,20H,5-9H2,1-2H3;5-6,11,14,16,19H,2-4,7-10H2,1H3;6,8-9,11,14,18H,4-5,7,10,12H2,1-3H3;4-8H,3,9-12H2,1-2H3;/t;18?,21-;12-,13+,14-,17-,18-;14?,16?,17-;;;/m.001.../s1. The van der Waals surface area contributed by atoms with Crippen molar-refractivity contribution in [2.75, 3.05) is 116 Å². The number of hydrogen-bond acceptors (Lipinski definition) is 16. The largest absolute Gasteiger partial charge is 0.508 e. The molecule has 8 aromatic rings. The van der Waals surface area contributed by atoms with Crippen molar-refractivity contribution in [3.63, 3.8) is 0 Å². The summed E-state index contributed by atoms with van der Waals surface area (Å²) in [6.45, 7) is 19.6. The Morgan fingerprint density at radius 3 is 1.75 bits per heavy atom. The molecule has 9 aliphatic rings. The lowest BCUT2D eigenvalue weighted by Gasteiger charge is -2.58. The molecule has 6 unspecified atom stereocenters. The lowest BCUT2D eigenvalue weighted by molar-refractivity contribution is -0.191. The van der Waals surface area contributed by atoms with Gasteiger partial charge in [-0.2, -0.15) is 9.59 Å². The number of rotatable bonds is 21. The number of nitrogens with zero attached hydrogens (tertiary/aromatic N) is 6. The normalized spacial score (nSPS) is 25.2. The number of carbonyl (C=O) groups excluding carboxylic acids is 4. The van der Waals surface area contributed by atoms with Crippen LogP contribution in [-0.4, -0.2) is 209 Å². The van der Waals surface area contributed by atoms with E-state index in [2.05, 4.69) is 230 Å². The number of likely N-dealkylation sites (tertiary alicyclic amines) is 3. The van der Waals surface area contributed by atoms with Gasteiger partial charge in [-0.05, 0) is 304 Å². The predicted molar refractivity (Wildman–Crippen MR) is 504 cm³/mol. The van der Waals surface area contributed by atoms with Crippen molar-refractivity contribution in [3.05, 3.63) is 267 Å². The van der Waals surface area contributed by atoms with Crippen LogP contribution in [0.4, 0.5) is 0 Å². The van der Waals surface area contributed by atoms with Crippen LogP contribution in [0.3, 0.4) is 0 Å². The molecule has 3 N–H and O–H groups in total. The number of phenols is 1. The number of esters is 1. The van der Waals surface area contributed by atoms with E-state index in [0.29, 0.717) is 54.0 Å². The Morgan fingerprint density at radius 1 is 0.608 bits per heavy atom. The summed E-state index contributed by atoms with van der Waals surface area (Å²) < 4.78 is 17.0. The molecule has 674 valence electrons. The molecule has 0 radical (unpaired) electrons. The first kappa shape index (κ1) is 97.0. The van der Waals surface area contributed by atoms with Gasteiger partial charge in [0.2, 0.25) is 0 Å². The van der Waals surface area contributed by atoms with Gasteiger partial charge in [0.05, 0.1) is 36.3 Å². The van der Waals surface area contributed by atoms with Crippen molar-refractivity contribution in [1.29, 1.82) is 0 Å².